The van der Waals surface area contributed by atoms with Crippen LogP contribution in [0.1, 0.15) is 49.9 Å². The van der Waals surface area contributed by atoms with Gasteiger partial charge in [-0.05, 0) is 50.3 Å². The number of imidazole rings is 1. The number of nitrogens with zero attached hydrogens (tertiary/aromatic N) is 2. The van der Waals surface area contributed by atoms with Gasteiger partial charge in [-0.1, -0.05) is 13.0 Å². The average molecular weight is 257 g/mol. The molecule has 0 saturated heterocycles. The summed E-state index contributed by atoms with van der Waals surface area (Å²) in [7, 11) is 0. The van der Waals surface area contributed by atoms with Crippen molar-refractivity contribution in [2.24, 2.45) is 5.73 Å². The van der Waals surface area contributed by atoms with Gasteiger partial charge in [0.1, 0.15) is 5.82 Å². The second-order valence-electron chi connectivity index (χ2n) is 5.88. The largest absolute Gasteiger partial charge is 0.328 e. The fourth-order valence-corrected chi connectivity index (χ4v) is 3.28. The molecule has 0 bridgehead atoms. The van der Waals surface area contributed by atoms with E-state index < -0.39 is 0 Å². The van der Waals surface area contributed by atoms with Gasteiger partial charge in [-0.2, -0.15) is 0 Å². The van der Waals surface area contributed by atoms with Crippen LogP contribution in [0.3, 0.4) is 0 Å². The Bertz CT molecular complexity index is 585. The third-order valence-corrected chi connectivity index (χ3v) is 4.22. The monoisotopic (exact) mass is 257 g/mol. The Kier molecular flexibility index (Phi) is 3.31. The van der Waals surface area contributed by atoms with E-state index in [2.05, 4.69) is 36.6 Å². The summed E-state index contributed by atoms with van der Waals surface area (Å²) in [5, 5.41) is 0. The summed E-state index contributed by atoms with van der Waals surface area (Å²) in [6.07, 6.45) is 4.56. The van der Waals surface area contributed by atoms with Gasteiger partial charge in [0.25, 0.3) is 0 Å². The van der Waals surface area contributed by atoms with E-state index in [1.807, 2.05) is 0 Å². The molecule has 1 heterocycles. The molecular weight excluding hydrogens is 234 g/mol. The number of fused-ring (bicyclic) bond motifs is 1. The molecule has 2 N–H and O–H groups in total. The summed E-state index contributed by atoms with van der Waals surface area (Å²) in [6, 6.07) is 6.95. The first kappa shape index (κ1) is 12.7. The standard InChI is InChI=1S/C16H23N3/c1-3-8-19-15-7-4-11(2)9-14(15)18-16(19)12-5-6-13(17)10-12/h4,7,9,12-13H,3,5-6,8,10,17H2,1-2H3/t12-,13+/m1/s1. The van der Waals surface area contributed by atoms with Gasteiger partial charge in [0.15, 0.2) is 0 Å². The van der Waals surface area contributed by atoms with Crippen molar-refractivity contribution < 1.29 is 0 Å². The molecule has 3 nitrogen and oxygen atoms in total. The molecule has 1 aromatic heterocycles. The first-order chi connectivity index (χ1) is 9.19. The van der Waals surface area contributed by atoms with Crippen LogP contribution in [-0.2, 0) is 6.54 Å². The van der Waals surface area contributed by atoms with E-state index in [0.717, 1.165) is 31.3 Å². The van der Waals surface area contributed by atoms with Crippen LogP contribution >= 0.6 is 0 Å². The molecule has 3 heteroatoms. The Hall–Kier alpha value is -1.35. The second-order valence-corrected chi connectivity index (χ2v) is 5.88. The second kappa shape index (κ2) is 4.97. The Morgan fingerprint density at radius 3 is 2.89 bits per heavy atom. The van der Waals surface area contributed by atoms with E-state index in [4.69, 9.17) is 10.7 Å². The van der Waals surface area contributed by atoms with Gasteiger partial charge < -0.3 is 10.3 Å². The molecule has 1 aromatic carbocycles. The maximum Gasteiger partial charge on any atom is 0.113 e. The summed E-state index contributed by atoms with van der Waals surface area (Å²) in [6.45, 7) is 5.41. The molecule has 2 atom stereocenters. The molecule has 1 fully saturated rings. The van der Waals surface area contributed by atoms with Crippen LogP contribution in [0.4, 0.5) is 0 Å². The lowest BCUT2D eigenvalue weighted by molar-refractivity contribution is 0.577. The summed E-state index contributed by atoms with van der Waals surface area (Å²) in [5.41, 5.74) is 9.77. The topological polar surface area (TPSA) is 43.8 Å². The molecule has 2 aromatic rings. The molecule has 0 radical (unpaired) electrons. The maximum atomic E-state index is 6.07. The lowest BCUT2D eigenvalue weighted by atomic mass is 10.1. The van der Waals surface area contributed by atoms with Crippen LogP contribution in [0, 0.1) is 6.92 Å². The van der Waals surface area contributed by atoms with Crippen molar-refractivity contribution in [1.29, 1.82) is 0 Å². The SMILES string of the molecule is CCCn1c([C@@H]2CC[C@H](N)C2)nc2cc(C)ccc21. The number of benzene rings is 1. The summed E-state index contributed by atoms with van der Waals surface area (Å²) < 4.78 is 2.41. The quantitative estimate of drug-likeness (QED) is 0.916. The molecule has 19 heavy (non-hydrogen) atoms. The van der Waals surface area contributed by atoms with Crippen molar-refractivity contribution in [2.75, 3.05) is 0 Å². The normalized spacial score (nSPS) is 23.3. The first-order valence-electron chi connectivity index (χ1n) is 7.41. The van der Waals surface area contributed by atoms with Crippen molar-refractivity contribution >= 4 is 11.0 Å². The van der Waals surface area contributed by atoms with Crippen molar-refractivity contribution in [3.05, 3.63) is 29.6 Å². The van der Waals surface area contributed by atoms with Crippen LogP contribution in [0.5, 0.6) is 0 Å². The zero-order valence-corrected chi connectivity index (χ0v) is 11.9. The lowest BCUT2D eigenvalue weighted by Crippen LogP contribution is -2.15. The first-order valence-corrected chi connectivity index (χ1v) is 7.41. The number of hydrogen-bond acceptors (Lipinski definition) is 2. The predicted octanol–water partition coefficient (Wildman–Crippen LogP) is 3.35. The van der Waals surface area contributed by atoms with Gasteiger partial charge in [0.05, 0.1) is 11.0 Å². The van der Waals surface area contributed by atoms with Gasteiger partial charge in [0.2, 0.25) is 0 Å². The van der Waals surface area contributed by atoms with Crippen LogP contribution in [0.15, 0.2) is 18.2 Å². The summed E-state index contributed by atoms with van der Waals surface area (Å²) in [4.78, 5) is 4.92. The molecule has 3 rings (SSSR count). The molecule has 102 valence electrons. The molecular formula is C16H23N3. The smallest absolute Gasteiger partial charge is 0.113 e. The van der Waals surface area contributed by atoms with Gasteiger partial charge in [-0.25, -0.2) is 4.98 Å². The zero-order chi connectivity index (χ0) is 13.4. The fourth-order valence-electron chi connectivity index (χ4n) is 3.28. The van der Waals surface area contributed by atoms with Crippen molar-refractivity contribution in [1.82, 2.24) is 9.55 Å². The van der Waals surface area contributed by atoms with E-state index in [1.54, 1.807) is 0 Å². The predicted molar refractivity (Wildman–Crippen MR) is 79.3 cm³/mol. The number of hydrogen-bond donors (Lipinski definition) is 1. The van der Waals surface area contributed by atoms with Gasteiger partial charge in [0, 0.05) is 18.5 Å². The Morgan fingerprint density at radius 1 is 1.37 bits per heavy atom. The van der Waals surface area contributed by atoms with Gasteiger partial charge in [-0.3, -0.25) is 0 Å². The van der Waals surface area contributed by atoms with E-state index in [0.29, 0.717) is 12.0 Å². The van der Waals surface area contributed by atoms with Crippen LogP contribution in [-0.4, -0.2) is 15.6 Å². The fraction of sp³-hybridized carbons (Fsp3) is 0.562. The Balaban J connectivity index is 2.09. The van der Waals surface area contributed by atoms with Crippen molar-refractivity contribution in [3.8, 4) is 0 Å². The number of rotatable bonds is 3. The van der Waals surface area contributed by atoms with E-state index >= 15 is 0 Å². The minimum absolute atomic E-state index is 0.363. The average Bonchev–Trinajstić information content (AvgIpc) is 2.94. The highest BCUT2D eigenvalue weighted by Gasteiger charge is 2.27. The molecule has 1 aliphatic rings. The maximum absolute atomic E-state index is 6.07. The number of aryl methyl sites for hydroxylation is 2. The van der Waals surface area contributed by atoms with Crippen molar-refractivity contribution in [2.45, 2.75) is 58.0 Å². The van der Waals surface area contributed by atoms with Gasteiger partial charge >= 0.3 is 0 Å². The third kappa shape index (κ3) is 2.27. The number of aromatic nitrogens is 2. The third-order valence-electron chi connectivity index (χ3n) is 4.22. The highest BCUT2D eigenvalue weighted by molar-refractivity contribution is 5.77. The lowest BCUT2D eigenvalue weighted by Gasteiger charge is -2.13. The highest BCUT2D eigenvalue weighted by Crippen LogP contribution is 2.35. The summed E-state index contributed by atoms with van der Waals surface area (Å²) >= 11 is 0. The Morgan fingerprint density at radius 2 is 2.21 bits per heavy atom. The molecule has 0 unspecified atom stereocenters. The van der Waals surface area contributed by atoms with E-state index in [1.165, 1.54) is 23.3 Å². The minimum Gasteiger partial charge on any atom is -0.328 e. The minimum atomic E-state index is 0.363. The zero-order valence-electron chi connectivity index (χ0n) is 11.9. The number of nitrogens with two attached hydrogens (primary N) is 1. The summed E-state index contributed by atoms with van der Waals surface area (Å²) in [5.74, 6) is 1.81. The van der Waals surface area contributed by atoms with E-state index in [-0.39, 0.29) is 0 Å². The van der Waals surface area contributed by atoms with Gasteiger partial charge in [-0.15, -0.1) is 0 Å². The molecule has 1 aliphatic carbocycles. The molecule has 0 aliphatic heterocycles. The molecule has 0 spiro atoms. The van der Waals surface area contributed by atoms with Crippen LogP contribution in [0.2, 0.25) is 0 Å². The van der Waals surface area contributed by atoms with Crippen molar-refractivity contribution in [3.63, 3.8) is 0 Å². The van der Waals surface area contributed by atoms with Crippen LogP contribution in [0.25, 0.3) is 11.0 Å². The van der Waals surface area contributed by atoms with Crippen LogP contribution < -0.4 is 5.73 Å². The molecule has 1 saturated carbocycles. The highest BCUT2D eigenvalue weighted by atomic mass is 15.1. The van der Waals surface area contributed by atoms with E-state index in [9.17, 15) is 0 Å². The Labute approximate surface area is 114 Å². The molecule has 0 amide bonds.